The molecule has 0 bridgehead atoms. The van der Waals surface area contributed by atoms with Gasteiger partial charge in [-0.05, 0) is 43.2 Å². The van der Waals surface area contributed by atoms with Crippen LogP contribution in [0.25, 0.3) is 0 Å². The number of benzene rings is 1. The molecule has 0 aliphatic carbocycles. The highest BCUT2D eigenvalue weighted by molar-refractivity contribution is 7.98. The molecule has 0 radical (unpaired) electrons. The van der Waals surface area contributed by atoms with Gasteiger partial charge < -0.3 is 10.2 Å². The quantitative estimate of drug-likeness (QED) is 0.712. The Morgan fingerprint density at radius 2 is 2.16 bits per heavy atom. The first-order valence-corrected chi connectivity index (χ1v) is 9.77. The molecule has 1 unspecified atom stereocenters. The Bertz CT molecular complexity index is 663. The molecule has 0 fully saturated rings. The molecule has 1 heterocycles. The molecule has 25 heavy (non-hydrogen) atoms. The van der Waals surface area contributed by atoms with E-state index in [2.05, 4.69) is 41.5 Å². The van der Waals surface area contributed by atoms with Gasteiger partial charge in [-0.25, -0.2) is 4.79 Å². The minimum Gasteiger partial charge on any atom is -0.338 e. The number of carbonyl (C=O) groups is 1. The lowest BCUT2D eigenvalue weighted by molar-refractivity contribution is 0.194. The van der Waals surface area contributed by atoms with Crippen molar-refractivity contribution in [2.75, 3.05) is 19.3 Å². The third-order valence-electron chi connectivity index (χ3n) is 4.16. The van der Waals surface area contributed by atoms with Gasteiger partial charge in [-0.1, -0.05) is 35.9 Å². The molecule has 0 aliphatic rings. The van der Waals surface area contributed by atoms with E-state index in [1.54, 1.807) is 17.3 Å². The molecule has 134 valence electrons. The molecule has 4 nitrogen and oxygen atoms in total. The van der Waals surface area contributed by atoms with Gasteiger partial charge in [-0.2, -0.15) is 11.8 Å². The highest BCUT2D eigenvalue weighted by atomic mass is 32.2. The standard InChI is InChI=1S/C20H27N3OS/c1-16-7-4-8-18(13-16)15-25-12-6-11-22-20(24)23(3)17(2)19-9-5-10-21-14-19/h4-5,7-10,13-14,17H,6,11-12,15H2,1-3H3,(H,22,24). The average Bonchev–Trinajstić information content (AvgIpc) is 2.64. The van der Waals surface area contributed by atoms with E-state index in [9.17, 15) is 4.79 Å². The van der Waals surface area contributed by atoms with Crippen LogP contribution >= 0.6 is 11.8 Å². The molecule has 0 saturated heterocycles. The first kappa shape index (κ1) is 19.3. The van der Waals surface area contributed by atoms with E-state index in [0.29, 0.717) is 6.54 Å². The minimum atomic E-state index is -0.0416. The summed E-state index contributed by atoms with van der Waals surface area (Å²) in [6, 6.07) is 12.5. The van der Waals surface area contributed by atoms with Crippen LogP contribution in [0.4, 0.5) is 4.79 Å². The second kappa shape index (κ2) is 10.1. The van der Waals surface area contributed by atoms with Gasteiger partial charge in [0.1, 0.15) is 0 Å². The van der Waals surface area contributed by atoms with Gasteiger partial charge in [-0.3, -0.25) is 4.98 Å². The summed E-state index contributed by atoms with van der Waals surface area (Å²) in [6.45, 7) is 4.82. The maximum absolute atomic E-state index is 12.2. The predicted octanol–water partition coefficient (Wildman–Crippen LogP) is 4.42. The number of pyridine rings is 1. The molecule has 5 heteroatoms. The zero-order valence-corrected chi connectivity index (χ0v) is 16.1. The Morgan fingerprint density at radius 1 is 1.32 bits per heavy atom. The van der Waals surface area contributed by atoms with E-state index in [-0.39, 0.29) is 12.1 Å². The van der Waals surface area contributed by atoms with Gasteiger partial charge in [0.15, 0.2) is 0 Å². The smallest absolute Gasteiger partial charge is 0.317 e. The van der Waals surface area contributed by atoms with Crippen molar-refractivity contribution in [3.05, 3.63) is 65.5 Å². The first-order valence-electron chi connectivity index (χ1n) is 8.62. The van der Waals surface area contributed by atoms with E-state index in [4.69, 9.17) is 0 Å². The summed E-state index contributed by atoms with van der Waals surface area (Å²) in [6.07, 6.45) is 4.51. The molecule has 1 atom stereocenters. The van der Waals surface area contributed by atoms with Gasteiger partial charge in [0.05, 0.1) is 6.04 Å². The molecule has 1 aromatic carbocycles. The number of aromatic nitrogens is 1. The summed E-state index contributed by atoms with van der Waals surface area (Å²) >= 11 is 1.91. The van der Waals surface area contributed by atoms with E-state index < -0.39 is 0 Å². The lowest BCUT2D eigenvalue weighted by Crippen LogP contribution is -2.39. The predicted molar refractivity (Wildman–Crippen MR) is 106 cm³/mol. The van der Waals surface area contributed by atoms with Crippen molar-refractivity contribution in [2.24, 2.45) is 0 Å². The number of urea groups is 1. The molecule has 2 aromatic rings. The van der Waals surface area contributed by atoms with Crippen LogP contribution in [-0.2, 0) is 5.75 Å². The van der Waals surface area contributed by atoms with Crippen molar-refractivity contribution >= 4 is 17.8 Å². The fourth-order valence-electron chi connectivity index (χ4n) is 2.51. The summed E-state index contributed by atoms with van der Waals surface area (Å²) in [4.78, 5) is 18.1. The third-order valence-corrected chi connectivity index (χ3v) is 5.28. The van der Waals surface area contributed by atoms with Gasteiger partial charge in [0.25, 0.3) is 0 Å². The highest BCUT2D eigenvalue weighted by Crippen LogP contribution is 2.17. The second-order valence-electron chi connectivity index (χ2n) is 6.20. The van der Waals surface area contributed by atoms with Crippen LogP contribution in [0.1, 0.15) is 36.1 Å². The summed E-state index contributed by atoms with van der Waals surface area (Å²) in [5.41, 5.74) is 3.70. The molecule has 1 aromatic heterocycles. The summed E-state index contributed by atoms with van der Waals surface area (Å²) in [7, 11) is 1.82. The van der Waals surface area contributed by atoms with Crippen LogP contribution in [0.3, 0.4) is 0 Å². The summed E-state index contributed by atoms with van der Waals surface area (Å²) in [5.74, 6) is 2.06. The monoisotopic (exact) mass is 357 g/mol. The molecular formula is C20H27N3OS. The molecule has 0 spiro atoms. The average molecular weight is 358 g/mol. The van der Waals surface area contributed by atoms with E-state index in [1.165, 1.54) is 11.1 Å². The van der Waals surface area contributed by atoms with Crippen LogP contribution in [0.2, 0.25) is 0 Å². The van der Waals surface area contributed by atoms with Crippen molar-refractivity contribution in [1.29, 1.82) is 0 Å². The van der Waals surface area contributed by atoms with Gasteiger partial charge in [0, 0.05) is 31.7 Å². The maximum Gasteiger partial charge on any atom is 0.317 e. The summed E-state index contributed by atoms with van der Waals surface area (Å²) in [5, 5.41) is 2.99. The molecule has 0 saturated carbocycles. The largest absolute Gasteiger partial charge is 0.338 e. The highest BCUT2D eigenvalue weighted by Gasteiger charge is 2.16. The lowest BCUT2D eigenvalue weighted by Gasteiger charge is -2.25. The fraction of sp³-hybridized carbons (Fsp3) is 0.400. The van der Waals surface area contributed by atoms with Crippen molar-refractivity contribution in [3.8, 4) is 0 Å². The molecule has 1 N–H and O–H groups in total. The van der Waals surface area contributed by atoms with E-state index in [1.807, 2.05) is 37.9 Å². The molecule has 0 aliphatic heterocycles. The number of nitrogens with one attached hydrogen (secondary N) is 1. The Morgan fingerprint density at radius 3 is 2.88 bits per heavy atom. The van der Waals surface area contributed by atoms with Gasteiger partial charge >= 0.3 is 6.03 Å². The van der Waals surface area contributed by atoms with E-state index >= 15 is 0 Å². The first-order chi connectivity index (χ1) is 12.1. The van der Waals surface area contributed by atoms with Crippen molar-refractivity contribution in [3.63, 3.8) is 0 Å². The zero-order valence-electron chi connectivity index (χ0n) is 15.2. The van der Waals surface area contributed by atoms with E-state index in [0.717, 1.165) is 23.5 Å². The van der Waals surface area contributed by atoms with Gasteiger partial charge in [0.2, 0.25) is 0 Å². The van der Waals surface area contributed by atoms with Crippen molar-refractivity contribution < 1.29 is 4.79 Å². The maximum atomic E-state index is 12.2. The number of thioether (sulfide) groups is 1. The van der Waals surface area contributed by atoms with Crippen LogP contribution in [-0.4, -0.2) is 35.3 Å². The normalized spacial score (nSPS) is 11.8. The Balaban J connectivity index is 1.63. The number of rotatable bonds is 8. The molecule has 2 rings (SSSR count). The number of hydrogen-bond donors (Lipinski definition) is 1. The number of carbonyl (C=O) groups excluding carboxylic acids is 1. The van der Waals surface area contributed by atoms with Crippen molar-refractivity contribution in [2.45, 2.75) is 32.1 Å². The number of nitrogens with zero attached hydrogens (tertiary/aromatic N) is 2. The lowest BCUT2D eigenvalue weighted by atomic mass is 10.1. The number of amides is 2. The Kier molecular flexibility index (Phi) is 7.79. The SMILES string of the molecule is Cc1cccc(CSCCCNC(=O)N(C)C(C)c2cccnc2)c1. The third kappa shape index (κ3) is 6.42. The van der Waals surface area contributed by atoms with Crippen LogP contribution in [0, 0.1) is 6.92 Å². The minimum absolute atomic E-state index is 0.00407. The Labute approximate surface area is 155 Å². The zero-order chi connectivity index (χ0) is 18.1. The second-order valence-corrected chi connectivity index (χ2v) is 7.31. The van der Waals surface area contributed by atoms with Gasteiger partial charge in [-0.15, -0.1) is 0 Å². The van der Waals surface area contributed by atoms with Crippen LogP contribution < -0.4 is 5.32 Å². The molecule has 2 amide bonds. The van der Waals surface area contributed by atoms with Crippen molar-refractivity contribution in [1.82, 2.24) is 15.2 Å². The number of aryl methyl sites for hydroxylation is 1. The number of hydrogen-bond acceptors (Lipinski definition) is 3. The molecular weight excluding hydrogens is 330 g/mol. The fourth-order valence-corrected chi connectivity index (χ4v) is 3.42. The topological polar surface area (TPSA) is 45.2 Å². The van der Waals surface area contributed by atoms with Crippen LogP contribution in [0.15, 0.2) is 48.8 Å². The summed E-state index contributed by atoms with van der Waals surface area (Å²) < 4.78 is 0. The Hall–Kier alpha value is -2.01. The van der Waals surface area contributed by atoms with Crippen LogP contribution in [0.5, 0.6) is 0 Å².